The molecule has 0 saturated heterocycles. The Morgan fingerprint density at radius 1 is 1.35 bits per heavy atom. The van der Waals surface area contributed by atoms with E-state index in [2.05, 4.69) is 10.5 Å². The zero-order valence-corrected chi connectivity index (χ0v) is 12.5. The van der Waals surface area contributed by atoms with Crippen LogP contribution in [-0.2, 0) is 4.79 Å². The smallest absolute Gasteiger partial charge is 0.277 e. The first-order valence-electron chi connectivity index (χ1n) is 6.84. The van der Waals surface area contributed by atoms with Crippen LogP contribution in [0.25, 0.3) is 0 Å². The predicted molar refractivity (Wildman–Crippen MR) is 85.2 cm³/mol. The topological polar surface area (TPSA) is 94.7 Å². The lowest BCUT2D eigenvalue weighted by molar-refractivity contribution is -0.123. The quantitative estimate of drug-likeness (QED) is 0.653. The fraction of sp³-hybridized carbons (Fsp3) is 0.118. The second-order valence-electron chi connectivity index (χ2n) is 4.70. The first-order valence-corrected chi connectivity index (χ1v) is 6.84. The summed E-state index contributed by atoms with van der Waals surface area (Å²) in [7, 11) is 0. The zero-order chi connectivity index (χ0) is 16.7. The highest BCUT2D eigenvalue weighted by molar-refractivity contribution is 5.85. The van der Waals surface area contributed by atoms with E-state index < -0.39 is 5.91 Å². The van der Waals surface area contributed by atoms with Gasteiger partial charge in [-0.25, -0.2) is 5.43 Å². The summed E-state index contributed by atoms with van der Waals surface area (Å²) >= 11 is 0. The van der Waals surface area contributed by atoms with Crippen LogP contribution in [0.3, 0.4) is 0 Å². The molecule has 0 fully saturated rings. The van der Waals surface area contributed by atoms with Crippen molar-refractivity contribution < 1.29 is 14.6 Å². The molecule has 116 valence electrons. The van der Waals surface area contributed by atoms with Gasteiger partial charge < -0.3 is 9.84 Å². The molecular weight excluding hydrogens is 294 g/mol. The number of nitrogens with zero attached hydrogens (tertiary/aromatic N) is 2. The van der Waals surface area contributed by atoms with Crippen LogP contribution in [0.2, 0.25) is 0 Å². The standard InChI is InChI=1S/C17H15N3O3/c1-12-5-4-7-14(17(12)22)10-19-20-16(21)11-23-15-8-3-2-6-13(15)9-18/h2-8,10,22H,11H2,1H3,(H,20,21)/b19-10+. The lowest BCUT2D eigenvalue weighted by Gasteiger charge is -2.06. The molecule has 1 amide bonds. The fourth-order valence-electron chi connectivity index (χ4n) is 1.82. The first-order chi connectivity index (χ1) is 11.1. The summed E-state index contributed by atoms with van der Waals surface area (Å²) in [6.07, 6.45) is 1.35. The van der Waals surface area contributed by atoms with Crippen LogP contribution in [0, 0.1) is 18.3 Å². The number of phenols is 1. The Morgan fingerprint density at radius 2 is 2.13 bits per heavy atom. The van der Waals surface area contributed by atoms with Crippen LogP contribution in [0.5, 0.6) is 11.5 Å². The number of hydrogen-bond acceptors (Lipinski definition) is 5. The molecule has 2 aromatic carbocycles. The number of aromatic hydroxyl groups is 1. The second kappa shape index (κ2) is 7.61. The van der Waals surface area contributed by atoms with Crippen LogP contribution in [0.1, 0.15) is 16.7 Å². The number of rotatable bonds is 5. The van der Waals surface area contributed by atoms with Crippen LogP contribution < -0.4 is 10.2 Å². The maximum Gasteiger partial charge on any atom is 0.277 e. The van der Waals surface area contributed by atoms with Gasteiger partial charge in [0.2, 0.25) is 0 Å². The summed E-state index contributed by atoms with van der Waals surface area (Å²) in [6.45, 7) is 1.50. The molecule has 2 N–H and O–H groups in total. The Balaban J connectivity index is 1.89. The predicted octanol–water partition coefficient (Wildman–Crippen LogP) is 2.10. The lowest BCUT2D eigenvalue weighted by atomic mass is 10.1. The molecule has 0 aliphatic heterocycles. The summed E-state index contributed by atoms with van der Waals surface area (Å²) in [5, 5.41) is 22.5. The van der Waals surface area contributed by atoms with Crippen molar-refractivity contribution in [2.75, 3.05) is 6.61 Å². The van der Waals surface area contributed by atoms with Gasteiger partial charge >= 0.3 is 0 Å². The molecule has 2 rings (SSSR count). The van der Waals surface area contributed by atoms with E-state index in [1.165, 1.54) is 6.21 Å². The second-order valence-corrected chi connectivity index (χ2v) is 4.70. The van der Waals surface area contributed by atoms with Crippen LogP contribution in [-0.4, -0.2) is 23.8 Å². The highest BCUT2D eigenvalue weighted by Gasteiger charge is 2.05. The number of para-hydroxylation sites is 2. The number of carbonyl (C=O) groups excluding carboxylic acids is 1. The van der Waals surface area contributed by atoms with Gasteiger partial charge in [0.25, 0.3) is 5.91 Å². The van der Waals surface area contributed by atoms with Crippen molar-refractivity contribution in [3.05, 3.63) is 59.2 Å². The molecule has 0 aliphatic rings. The molecule has 2 aromatic rings. The van der Waals surface area contributed by atoms with E-state index in [4.69, 9.17) is 10.00 Å². The Bertz CT molecular complexity index is 779. The van der Waals surface area contributed by atoms with E-state index in [1.807, 2.05) is 6.07 Å². The van der Waals surface area contributed by atoms with E-state index in [0.717, 1.165) is 5.56 Å². The minimum Gasteiger partial charge on any atom is -0.507 e. The van der Waals surface area contributed by atoms with E-state index in [9.17, 15) is 9.90 Å². The van der Waals surface area contributed by atoms with Crippen molar-refractivity contribution in [3.8, 4) is 17.6 Å². The summed E-state index contributed by atoms with van der Waals surface area (Å²) in [6, 6.07) is 13.8. The molecule has 6 heteroatoms. The van der Waals surface area contributed by atoms with Crippen LogP contribution in [0.15, 0.2) is 47.6 Å². The number of ether oxygens (including phenoxy) is 1. The molecular formula is C17H15N3O3. The maximum absolute atomic E-state index is 11.7. The van der Waals surface area contributed by atoms with Gasteiger partial charge in [-0.3, -0.25) is 4.79 Å². The lowest BCUT2D eigenvalue weighted by Crippen LogP contribution is -2.24. The number of amides is 1. The monoisotopic (exact) mass is 309 g/mol. The van der Waals surface area contributed by atoms with Crippen molar-refractivity contribution in [2.24, 2.45) is 5.10 Å². The van der Waals surface area contributed by atoms with Gasteiger partial charge in [0.05, 0.1) is 11.8 Å². The number of aryl methyl sites for hydroxylation is 1. The fourth-order valence-corrected chi connectivity index (χ4v) is 1.82. The van der Waals surface area contributed by atoms with Gasteiger partial charge in [0.15, 0.2) is 6.61 Å². The molecule has 0 bridgehead atoms. The number of hydrogen-bond donors (Lipinski definition) is 2. The van der Waals surface area contributed by atoms with Gasteiger partial charge in [-0.1, -0.05) is 24.3 Å². The van der Waals surface area contributed by atoms with Gasteiger partial charge in [-0.05, 0) is 30.7 Å². The molecule has 6 nitrogen and oxygen atoms in total. The number of hydrazone groups is 1. The minimum atomic E-state index is -0.471. The van der Waals surface area contributed by atoms with E-state index >= 15 is 0 Å². The Labute approximate surface area is 133 Å². The average Bonchev–Trinajstić information content (AvgIpc) is 2.57. The Morgan fingerprint density at radius 3 is 2.91 bits per heavy atom. The summed E-state index contributed by atoms with van der Waals surface area (Å²) in [5.74, 6) is -0.0173. The summed E-state index contributed by atoms with van der Waals surface area (Å²) in [4.78, 5) is 11.7. The van der Waals surface area contributed by atoms with E-state index in [-0.39, 0.29) is 12.4 Å². The third kappa shape index (κ3) is 4.32. The number of carbonyl (C=O) groups is 1. The Hall–Kier alpha value is -3.33. The van der Waals surface area contributed by atoms with Crippen molar-refractivity contribution in [3.63, 3.8) is 0 Å². The highest BCUT2D eigenvalue weighted by Crippen LogP contribution is 2.19. The van der Waals surface area contributed by atoms with Crippen molar-refractivity contribution in [1.29, 1.82) is 5.26 Å². The van der Waals surface area contributed by atoms with Crippen molar-refractivity contribution >= 4 is 12.1 Å². The number of nitriles is 1. The third-order valence-electron chi connectivity index (χ3n) is 3.03. The Kier molecular flexibility index (Phi) is 5.31. The molecule has 0 heterocycles. The van der Waals surface area contributed by atoms with Gasteiger partial charge in [-0.15, -0.1) is 0 Å². The van der Waals surface area contributed by atoms with Crippen LogP contribution in [0.4, 0.5) is 0 Å². The van der Waals surface area contributed by atoms with Gasteiger partial charge in [-0.2, -0.15) is 10.4 Å². The number of benzene rings is 2. The van der Waals surface area contributed by atoms with Gasteiger partial charge in [0, 0.05) is 5.56 Å². The van der Waals surface area contributed by atoms with Crippen molar-refractivity contribution in [1.82, 2.24) is 5.43 Å². The van der Waals surface area contributed by atoms with E-state index in [0.29, 0.717) is 16.9 Å². The molecule has 0 saturated carbocycles. The third-order valence-corrected chi connectivity index (χ3v) is 3.03. The highest BCUT2D eigenvalue weighted by atomic mass is 16.5. The van der Waals surface area contributed by atoms with Crippen LogP contribution >= 0.6 is 0 Å². The molecule has 23 heavy (non-hydrogen) atoms. The molecule has 0 atom stereocenters. The SMILES string of the molecule is Cc1cccc(/C=N/NC(=O)COc2ccccc2C#N)c1O. The van der Waals surface area contributed by atoms with Gasteiger partial charge in [0.1, 0.15) is 17.6 Å². The summed E-state index contributed by atoms with van der Waals surface area (Å²) in [5.41, 5.74) is 3.87. The maximum atomic E-state index is 11.7. The zero-order valence-electron chi connectivity index (χ0n) is 12.5. The number of phenolic OH excluding ortho intramolecular Hbond substituents is 1. The number of nitrogens with one attached hydrogen (secondary N) is 1. The first kappa shape index (κ1) is 16.0. The molecule has 0 spiro atoms. The van der Waals surface area contributed by atoms with Crippen molar-refractivity contribution in [2.45, 2.75) is 6.92 Å². The van der Waals surface area contributed by atoms with E-state index in [1.54, 1.807) is 49.4 Å². The molecule has 0 aliphatic carbocycles. The minimum absolute atomic E-state index is 0.115. The molecule has 0 radical (unpaired) electrons. The summed E-state index contributed by atoms with van der Waals surface area (Å²) < 4.78 is 5.28. The largest absolute Gasteiger partial charge is 0.507 e. The average molecular weight is 309 g/mol. The normalized spacial score (nSPS) is 10.3. The molecule has 0 unspecified atom stereocenters. The molecule has 0 aromatic heterocycles.